The van der Waals surface area contributed by atoms with Crippen LogP contribution in [0.25, 0.3) is 44.5 Å². The van der Waals surface area contributed by atoms with Gasteiger partial charge in [0, 0.05) is 37.9 Å². The zero-order valence-electron chi connectivity index (χ0n) is 22.3. The monoisotopic (exact) mass is 675 g/mol. The van der Waals surface area contributed by atoms with E-state index in [9.17, 15) is 0 Å². The molecule has 0 spiro atoms. The molecule has 3 aromatic heterocycles. The van der Waals surface area contributed by atoms with Crippen molar-refractivity contribution in [2.45, 2.75) is 40.5 Å². The van der Waals surface area contributed by atoms with Gasteiger partial charge in [-0.25, -0.2) is 0 Å². The fourth-order valence-electron chi connectivity index (χ4n) is 4.26. The molecule has 6 aromatic rings. The standard InChI is InChI=1S/C20H16NO.C14H14N.Ir/c1-13(2)14-10-11-21-18(12-14)17-8-5-7-16-15-6-3-4-9-19(15)22-20(16)17;1-10-4-6-13(7-5-10)14-8-11(2)12(3)9-15-14;/h3-7,9-13H,1-2H3;4-6,8-9H,1-3H3;/q2*-1;. The normalized spacial score (nSPS) is 10.8. The van der Waals surface area contributed by atoms with Crippen LogP contribution in [0.15, 0.2) is 89.6 Å². The first kappa shape index (κ1) is 27.4. The van der Waals surface area contributed by atoms with Crippen molar-refractivity contribution in [3.63, 3.8) is 0 Å². The average Bonchev–Trinajstić information content (AvgIpc) is 3.30. The van der Waals surface area contributed by atoms with Crippen LogP contribution >= 0.6 is 0 Å². The van der Waals surface area contributed by atoms with E-state index in [0.717, 1.165) is 44.5 Å². The van der Waals surface area contributed by atoms with E-state index in [4.69, 9.17) is 4.42 Å². The van der Waals surface area contributed by atoms with Gasteiger partial charge in [0.2, 0.25) is 0 Å². The fourth-order valence-corrected chi connectivity index (χ4v) is 4.26. The summed E-state index contributed by atoms with van der Waals surface area (Å²) in [5.74, 6) is 0.469. The average molecular weight is 675 g/mol. The molecule has 0 N–H and O–H groups in total. The number of para-hydroxylation sites is 1. The Morgan fingerprint density at radius 1 is 0.789 bits per heavy atom. The molecule has 38 heavy (non-hydrogen) atoms. The molecule has 0 aliphatic heterocycles. The second kappa shape index (κ2) is 11.9. The van der Waals surface area contributed by atoms with Gasteiger partial charge in [0.15, 0.2) is 0 Å². The summed E-state index contributed by atoms with van der Waals surface area (Å²) < 4.78 is 6.07. The van der Waals surface area contributed by atoms with E-state index in [2.05, 4.69) is 99.2 Å². The zero-order valence-corrected chi connectivity index (χ0v) is 24.7. The van der Waals surface area contributed by atoms with Gasteiger partial charge < -0.3 is 14.4 Å². The van der Waals surface area contributed by atoms with Crippen LogP contribution in [0.3, 0.4) is 0 Å². The van der Waals surface area contributed by atoms with Crippen molar-refractivity contribution in [2.75, 3.05) is 0 Å². The van der Waals surface area contributed by atoms with Crippen molar-refractivity contribution >= 4 is 21.9 Å². The number of fused-ring (bicyclic) bond motifs is 3. The van der Waals surface area contributed by atoms with E-state index in [0.29, 0.717) is 5.92 Å². The summed E-state index contributed by atoms with van der Waals surface area (Å²) in [6, 6.07) is 31.1. The Morgan fingerprint density at radius 3 is 2.34 bits per heavy atom. The first-order chi connectivity index (χ1) is 17.9. The third-order valence-electron chi connectivity index (χ3n) is 6.66. The van der Waals surface area contributed by atoms with Gasteiger partial charge in [-0.2, -0.15) is 0 Å². The maximum absolute atomic E-state index is 6.07. The van der Waals surface area contributed by atoms with Crippen molar-refractivity contribution < 1.29 is 24.5 Å². The Bertz CT molecular complexity index is 1680. The Hall–Kier alpha value is -3.59. The maximum Gasteiger partial charge on any atom is 0.120 e. The van der Waals surface area contributed by atoms with Crippen LogP contribution in [0.4, 0.5) is 0 Å². The summed E-state index contributed by atoms with van der Waals surface area (Å²) in [7, 11) is 0. The Kier molecular flexibility index (Phi) is 8.56. The predicted molar refractivity (Wildman–Crippen MR) is 153 cm³/mol. The number of pyridine rings is 2. The van der Waals surface area contributed by atoms with E-state index in [1.807, 2.05) is 42.7 Å². The van der Waals surface area contributed by atoms with Crippen LogP contribution in [-0.4, -0.2) is 9.97 Å². The third-order valence-corrected chi connectivity index (χ3v) is 6.66. The zero-order chi connectivity index (χ0) is 25.9. The fraction of sp³-hybridized carbons (Fsp3) is 0.176. The molecule has 0 aliphatic carbocycles. The van der Waals surface area contributed by atoms with Gasteiger partial charge >= 0.3 is 0 Å². The number of aryl methyl sites for hydroxylation is 3. The molecular formula is C34H30IrN2O-2. The molecule has 193 valence electrons. The van der Waals surface area contributed by atoms with Gasteiger partial charge in [0.25, 0.3) is 0 Å². The number of aromatic nitrogens is 2. The molecule has 0 amide bonds. The topological polar surface area (TPSA) is 38.9 Å². The van der Waals surface area contributed by atoms with Crippen molar-refractivity contribution in [2.24, 2.45) is 0 Å². The minimum Gasteiger partial charge on any atom is -0.501 e. The van der Waals surface area contributed by atoms with Crippen LogP contribution in [0.2, 0.25) is 0 Å². The summed E-state index contributed by atoms with van der Waals surface area (Å²) in [4.78, 5) is 8.93. The van der Waals surface area contributed by atoms with Crippen LogP contribution in [0.1, 0.15) is 42.0 Å². The Balaban J connectivity index is 0.000000185. The molecule has 0 bridgehead atoms. The van der Waals surface area contributed by atoms with Crippen LogP contribution in [-0.2, 0) is 20.1 Å². The molecule has 0 saturated carbocycles. The van der Waals surface area contributed by atoms with Gasteiger partial charge in [0.05, 0.1) is 5.58 Å². The third kappa shape index (κ3) is 5.77. The minimum atomic E-state index is 0. The maximum atomic E-state index is 6.07. The number of hydrogen-bond acceptors (Lipinski definition) is 3. The Morgan fingerprint density at radius 2 is 1.61 bits per heavy atom. The quantitative estimate of drug-likeness (QED) is 0.176. The van der Waals surface area contributed by atoms with E-state index in [1.54, 1.807) is 0 Å². The molecule has 4 heteroatoms. The molecule has 0 aliphatic rings. The van der Waals surface area contributed by atoms with Crippen molar-refractivity contribution in [3.05, 3.63) is 120 Å². The molecule has 1 radical (unpaired) electrons. The SMILES string of the molecule is CC(C)c1ccnc(-c2[c-]ccc3c2oc2ccccc23)c1.Cc1c[c-]c(-c2cc(C)c(C)cn2)cc1.[Ir]. The van der Waals surface area contributed by atoms with Crippen molar-refractivity contribution in [1.29, 1.82) is 0 Å². The summed E-state index contributed by atoms with van der Waals surface area (Å²) in [6.45, 7) is 10.6. The molecule has 0 saturated heterocycles. The van der Waals surface area contributed by atoms with Crippen LogP contribution in [0.5, 0.6) is 0 Å². The van der Waals surface area contributed by atoms with Gasteiger partial charge in [-0.3, -0.25) is 0 Å². The van der Waals surface area contributed by atoms with E-state index >= 15 is 0 Å². The van der Waals surface area contributed by atoms with E-state index in [1.165, 1.54) is 22.3 Å². The number of hydrogen-bond donors (Lipinski definition) is 0. The summed E-state index contributed by atoms with van der Waals surface area (Å²) in [5, 5.41) is 2.24. The van der Waals surface area contributed by atoms with Gasteiger partial charge in [0.1, 0.15) is 5.58 Å². The number of nitrogens with zero attached hydrogens (tertiary/aromatic N) is 2. The van der Waals surface area contributed by atoms with Gasteiger partial charge in [-0.1, -0.05) is 73.2 Å². The summed E-state index contributed by atoms with van der Waals surface area (Å²) >= 11 is 0. The molecule has 0 fully saturated rings. The molecule has 6 rings (SSSR count). The molecular weight excluding hydrogens is 645 g/mol. The minimum absolute atomic E-state index is 0. The molecule has 3 nitrogen and oxygen atoms in total. The van der Waals surface area contributed by atoms with E-state index in [-0.39, 0.29) is 20.1 Å². The Labute approximate surface area is 238 Å². The van der Waals surface area contributed by atoms with Gasteiger partial charge in [-0.15, -0.1) is 53.6 Å². The molecule has 0 unspecified atom stereocenters. The van der Waals surface area contributed by atoms with Gasteiger partial charge in [-0.05, 0) is 48.8 Å². The number of rotatable bonds is 3. The second-order valence-electron chi connectivity index (χ2n) is 9.76. The van der Waals surface area contributed by atoms with Crippen LogP contribution < -0.4 is 0 Å². The largest absolute Gasteiger partial charge is 0.501 e. The smallest absolute Gasteiger partial charge is 0.120 e. The predicted octanol–water partition coefficient (Wildman–Crippen LogP) is 9.04. The molecule has 3 heterocycles. The van der Waals surface area contributed by atoms with Crippen LogP contribution in [0, 0.1) is 32.9 Å². The summed E-state index contributed by atoms with van der Waals surface area (Å²) in [6.07, 6.45) is 3.78. The second-order valence-corrected chi connectivity index (χ2v) is 9.76. The first-order valence-electron chi connectivity index (χ1n) is 12.6. The van der Waals surface area contributed by atoms with Crippen molar-refractivity contribution in [1.82, 2.24) is 9.97 Å². The molecule has 0 atom stereocenters. The molecule has 3 aromatic carbocycles. The van der Waals surface area contributed by atoms with E-state index < -0.39 is 0 Å². The first-order valence-corrected chi connectivity index (χ1v) is 12.6. The summed E-state index contributed by atoms with van der Waals surface area (Å²) in [5.41, 5.74) is 10.7. The number of benzene rings is 3. The number of furan rings is 1. The van der Waals surface area contributed by atoms with Crippen molar-refractivity contribution in [3.8, 4) is 22.5 Å².